The summed E-state index contributed by atoms with van der Waals surface area (Å²) < 4.78 is 6.00. The van der Waals surface area contributed by atoms with Crippen LogP contribution in [0.25, 0.3) is 0 Å². The van der Waals surface area contributed by atoms with Gasteiger partial charge in [0.1, 0.15) is 30.2 Å². The number of hydrogen-bond acceptors (Lipinski definition) is 15. The quantitative estimate of drug-likeness (QED) is 0.136. The van der Waals surface area contributed by atoms with Gasteiger partial charge in [-0.1, -0.05) is 39.8 Å². The zero-order valence-corrected chi connectivity index (χ0v) is 47.6. The third-order valence-electron chi connectivity index (χ3n) is 12.2. The van der Waals surface area contributed by atoms with Crippen molar-refractivity contribution in [2.45, 2.75) is 122 Å². The Bertz CT molecular complexity index is 2030. The van der Waals surface area contributed by atoms with E-state index in [1.54, 1.807) is 40.9 Å². The van der Waals surface area contributed by atoms with E-state index in [-0.39, 0.29) is 31.1 Å². The third kappa shape index (κ3) is 19.1. The molecule has 0 unspecified atom stereocenters. The highest BCUT2D eigenvalue weighted by Crippen LogP contribution is 2.26. The number of carbonyl (C=O) groups is 11. The Morgan fingerprint density at radius 2 is 1.29 bits per heavy atom. The van der Waals surface area contributed by atoms with Crippen LogP contribution in [0.1, 0.15) is 81.1 Å². The maximum Gasteiger partial charge on any atom is 0.334 e. The van der Waals surface area contributed by atoms with Crippen molar-refractivity contribution in [1.29, 1.82) is 0 Å². The number of ether oxygens (including phenoxy) is 1. The van der Waals surface area contributed by atoms with Gasteiger partial charge < -0.3 is 39.9 Å². The summed E-state index contributed by atoms with van der Waals surface area (Å²) >= 11 is 2.46. The van der Waals surface area contributed by atoms with Gasteiger partial charge in [0, 0.05) is 68.1 Å². The average molecular weight is 1070 g/mol. The van der Waals surface area contributed by atoms with Crippen LogP contribution in [0.3, 0.4) is 0 Å². The largest absolute Gasteiger partial charge is 0.365 e. The lowest BCUT2D eigenvalue weighted by molar-refractivity contribution is -0.148. The van der Waals surface area contributed by atoms with E-state index >= 15 is 0 Å². The minimum absolute atomic E-state index is 0.0470. The van der Waals surface area contributed by atoms with Gasteiger partial charge in [-0.05, 0) is 79.1 Å². The second kappa shape index (κ2) is 30.0. The van der Waals surface area contributed by atoms with Crippen molar-refractivity contribution >= 4 is 89.1 Å². The molecule has 414 valence electrons. The maximum atomic E-state index is 14.9. The molecule has 26 heteroatoms. The topological polar surface area (TPSA) is 271 Å². The van der Waals surface area contributed by atoms with E-state index in [1.807, 2.05) is 50.3 Å². The Kier molecular flexibility index (Phi) is 27.0. The number of urea groups is 5. The number of allylic oxidation sites excluding steroid dienone is 2. The second-order valence-electron chi connectivity index (χ2n) is 19.3. The summed E-state index contributed by atoms with van der Waals surface area (Å²) in [7, 11) is 12.2. The predicted octanol–water partition coefficient (Wildman–Crippen LogP) is 2.69. The SMILES string of the molecule is C/C=C/C[C@@H](C)C[C@H]1C(=O)N[C@@H](CC)C(=O)N(C)[C@H](SCCN(C)C)C(=O)N(C)[C@@H](CC(C)(C)OCSC)C(=O)NC(=O)N(C)C(=O)NC(=O)N[C@H](C)C(=O)N(C)C(=O)N(C)C(=O)N(C)[C@@H](C(C)C)C(=O)N1C. The Morgan fingerprint density at radius 3 is 1.82 bits per heavy atom. The fourth-order valence-corrected chi connectivity index (χ4v) is 9.34. The van der Waals surface area contributed by atoms with Gasteiger partial charge in [0.15, 0.2) is 5.37 Å². The first-order chi connectivity index (χ1) is 33.8. The van der Waals surface area contributed by atoms with Crippen molar-refractivity contribution in [3.8, 4) is 0 Å². The molecule has 0 aromatic heterocycles. The Labute approximate surface area is 439 Å². The van der Waals surface area contributed by atoms with Gasteiger partial charge in [-0.3, -0.25) is 44.3 Å². The van der Waals surface area contributed by atoms with Gasteiger partial charge in [-0.2, -0.15) is 0 Å². The first kappa shape index (κ1) is 65.5. The normalized spacial score (nSPS) is 23.9. The molecule has 4 N–H and O–H groups in total. The van der Waals surface area contributed by atoms with Gasteiger partial charge in [0.05, 0.1) is 11.5 Å². The minimum atomic E-state index is -1.50. The number of amides is 16. The van der Waals surface area contributed by atoms with E-state index in [4.69, 9.17) is 4.74 Å². The Balaban J connectivity index is 4.17. The summed E-state index contributed by atoms with van der Waals surface area (Å²) in [5, 5.41) is 7.71. The van der Waals surface area contributed by atoms with Crippen LogP contribution in [-0.2, 0) is 33.5 Å². The van der Waals surface area contributed by atoms with Crippen molar-refractivity contribution < 1.29 is 57.5 Å². The molecule has 1 heterocycles. The van der Waals surface area contributed by atoms with Crippen molar-refractivity contribution in [2.24, 2.45) is 11.8 Å². The lowest BCUT2D eigenvalue weighted by atomic mass is 9.94. The van der Waals surface area contributed by atoms with E-state index in [1.165, 1.54) is 56.7 Å². The van der Waals surface area contributed by atoms with E-state index in [2.05, 4.69) is 16.0 Å². The molecule has 0 aliphatic carbocycles. The van der Waals surface area contributed by atoms with Crippen molar-refractivity contribution in [2.75, 3.05) is 87.9 Å². The zero-order valence-electron chi connectivity index (χ0n) is 46.0. The first-order valence-corrected chi connectivity index (χ1v) is 26.4. The Hall–Kier alpha value is -5.47. The van der Waals surface area contributed by atoms with Gasteiger partial charge in [-0.15, -0.1) is 23.5 Å². The molecule has 0 aromatic carbocycles. The zero-order chi connectivity index (χ0) is 56.4. The summed E-state index contributed by atoms with van der Waals surface area (Å²) in [6.07, 6.45) is 6.09. The van der Waals surface area contributed by atoms with E-state index in [9.17, 15) is 52.7 Å². The summed E-state index contributed by atoms with van der Waals surface area (Å²) in [4.78, 5) is 162. The maximum absolute atomic E-state index is 14.9. The molecule has 0 spiro atoms. The highest BCUT2D eigenvalue weighted by Gasteiger charge is 2.43. The molecular formula is C47H82N12O12S2. The second-order valence-corrected chi connectivity index (χ2v) is 21.3. The Morgan fingerprint density at radius 1 is 0.712 bits per heavy atom. The molecule has 1 aliphatic heterocycles. The molecule has 16 amide bonds. The van der Waals surface area contributed by atoms with Crippen molar-refractivity contribution in [1.82, 2.24) is 60.5 Å². The summed E-state index contributed by atoms with van der Waals surface area (Å²) in [6.45, 7) is 13.8. The smallest absolute Gasteiger partial charge is 0.334 e. The summed E-state index contributed by atoms with van der Waals surface area (Å²) in [5.74, 6) is -5.07. The highest BCUT2D eigenvalue weighted by atomic mass is 32.2. The van der Waals surface area contributed by atoms with Crippen LogP contribution in [0.5, 0.6) is 0 Å². The fourth-order valence-electron chi connectivity index (χ4n) is 7.57. The number of likely N-dealkylation sites (N-methyl/N-ethyl adjacent to an activating group) is 5. The van der Waals surface area contributed by atoms with Crippen molar-refractivity contribution in [3.05, 3.63) is 12.2 Å². The van der Waals surface area contributed by atoms with Gasteiger partial charge in [-0.25, -0.2) is 33.8 Å². The number of imide groups is 5. The molecule has 0 saturated carbocycles. The number of thioether (sulfide) groups is 2. The van der Waals surface area contributed by atoms with Crippen LogP contribution in [0.4, 0.5) is 24.0 Å². The van der Waals surface area contributed by atoms with E-state index < -0.39 is 113 Å². The van der Waals surface area contributed by atoms with Gasteiger partial charge >= 0.3 is 30.2 Å². The molecule has 7 atom stereocenters. The van der Waals surface area contributed by atoms with E-state index in [0.29, 0.717) is 33.4 Å². The molecule has 0 aromatic rings. The monoisotopic (exact) mass is 1070 g/mol. The van der Waals surface area contributed by atoms with Crippen LogP contribution in [0.2, 0.25) is 0 Å². The molecule has 73 heavy (non-hydrogen) atoms. The van der Waals surface area contributed by atoms with Gasteiger partial charge in [0.25, 0.3) is 17.7 Å². The molecule has 1 fully saturated rings. The number of hydrogen-bond donors (Lipinski definition) is 4. The molecule has 1 rings (SSSR count). The molecule has 0 bridgehead atoms. The molecule has 1 saturated heterocycles. The van der Waals surface area contributed by atoms with Gasteiger partial charge in [0.2, 0.25) is 17.7 Å². The van der Waals surface area contributed by atoms with Crippen LogP contribution in [0.15, 0.2) is 12.2 Å². The lowest BCUT2D eigenvalue weighted by Gasteiger charge is -2.39. The number of rotatable bonds is 15. The summed E-state index contributed by atoms with van der Waals surface area (Å²) in [6, 6.07) is -12.7. The standard InChI is InChI=1S/C47H82N12O12S2/c1-19-21-22-29(5)25-32-35(60)49-31(20-2)38(63)56(14)41(73-24-23-52(9)10)40(65)54(12)33(26-47(7,8)71-27-72-18)36(61)50-43(67)58(16)44(68)51-42(66)48-30(6)37(62)57(15)46(70)59(17)45(69)55(13)34(28(3)4)39(64)53(32)11/h19,21,28-34,41H,20,22-27H2,1-18H3,(H,49,60)(H,50,61,67)(H2,48,51,66,68)/b21-19+/t29-,30-,31+,32+,33+,34+,41-/m1/s1. The van der Waals surface area contributed by atoms with Crippen molar-refractivity contribution in [3.63, 3.8) is 0 Å². The highest BCUT2D eigenvalue weighted by molar-refractivity contribution is 8.00. The third-order valence-corrected chi connectivity index (χ3v) is 13.8. The average Bonchev–Trinajstić information content (AvgIpc) is 3.33. The minimum Gasteiger partial charge on any atom is -0.365 e. The number of nitrogens with zero attached hydrogens (tertiary/aromatic N) is 8. The van der Waals surface area contributed by atoms with Crippen LogP contribution >= 0.6 is 23.5 Å². The number of carbonyl (C=O) groups excluding carboxylic acids is 11. The molecule has 24 nitrogen and oxygen atoms in total. The lowest BCUT2D eigenvalue weighted by Crippen LogP contribution is -2.61. The fraction of sp³-hybridized carbons (Fsp3) is 0.723. The van der Waals surface area contributed by atoms with E-state index in [0.717, 1.165) is 42.7 Å². The molecule has 1 aliphatic rings. The predicted molar refractivity (Wildman–Crippen MR) is 280 cm³/mol. The van der Waals surface area contributed by atoms with Crippen LogP contribution in [0, 0.1) is 11.8 Å². The molecule has 0 radical (unpaired) electrons. The van der Waals surface area contributed by atoms with Crippen LogP contribution in [-0.4, -0.2) is 234 Å². The molecular weight excluding hydrogens is 989 g/mol. The summed E-state index contributed by atoms with van der Waals surface area (Å²) in [5.41, 5.74) is -1.09. The first-order valence-electron chi connectivity index (χ1n) is 23.9. The number of nitrogens with one attached hydrogen (secondary N) is 4. The van der Waals surface area contributed by atoms with Crippen LogP contribution < -0.4 is 21.3 Å².